The summed E-state index contributed by atoms with van der Waals surface area (Å²) < 4.78 is 0. The van der Waals surface area contributed by atoms with Gasteiger partial charge in [-0.05, 0) is 37.9 Å². The van der Waals surface area contributed by atoms with Gasteiger partial charge in [-0.25, -0.2) is 0 Å². The number of rotatable bonds is 2. The summed E-state index contributed by atoms with van der Waals surface area (Å²) >= 11 is 0. The second-order valence-corrected chi connectivity index (χ2v) is 4.28. The number of carbonyl (C=O) groups is 1. The zero-order valence-corrected chi connectivity index (χ0v) is 9.49. The number of hydrogen-bond donors (Lipinski definition) is 2. The van der Waals surface area contributed by atoms with Crippen LogP contribution in [0.2, 0.25) is 0 Å². The molecule has 1 fully saturated rings. The summed E-state index contributed by atoms with van der Waals surface area (Å²) in [5.41, 5.74) is 1.84. The molecule has 0 spiro atoms. The molecule has 4 heteroatoms. The van der Waals surface area contributed by atoms with Crippen LogP contribution in [0.15, 0.2) is 18.5 Å². The highest BCUT2D eigenvalue weighted by molar-refractivity contribution is 5.92. The number of piperidine rings is 1. The lowest BCUT2D eigenvalue weighted by atomic mass is 9.99. The van der Waals surface area contributed by atoms with Crippen LogP contribution < -0.4 is 10.6 Å². The molecular weight excluding hydrogens is 202 g/mol. The van der Waals surface area contributed by atoms with E-state index >= 15 is 0 Å². The van der Waals surface area contributed by atoms with E-state index < -0.39 is 0 Å². The lowest BCUT2D eigenvalue weighted by molar-refractivity contribution is -0.120. The Morgan fingerprint density at radius 1 is 1.56 bits per heavy atom. The Morgan fingerprint density at radius 2 is 2.44 bits per heavy atom. The van der Waals surface area contributed by atoms with E-state index in [4.69, 9.17) is 0 Å². The smallest absolute Gasteiger partial charge is 0.228 e. The molecule has 2 rings (SSSR count). The highest BCUT2D eigenvalue weighted by Crippen LogP contribution is 2.14. The molecular formula is C12H17N3O. The van der Waals surface area contributed by atoms with E-state index in [0.717, 1.165) is 37.2 Å². The molecule has 16 heavy (non-hydrogen) atoms. The molecule has 0 aromatic carbocycles. The Labute approximate surface area is 95.5 Å². The topological polar surface area (TPSA) is 54.0 Å². The fourth-order valence-electron chi connectivity index (χ4n) is 1.94. The lowest BCUT2D eigenvalue weighted by Gasteiger charge is -2.21. The summed E-state index contributed by atoms with van der Waals surface area (Å²) in [6.07, 6.45) is 5.50. The highest BCUT2D eigenvalue weighted by atomic mass is 16.1. The van der Waals surface area contributed by atoms with Crippen LogP contribution in [0.1, 0.15) is 18.4 Å². The molecule has 1 saturated heterocycles. The fourth-order valence-corrected chi connectivity index (χ4v) is 1.94. The monoisotopic (exact) mass is 219 g/mol. The zero-order valence-electron chi connectivity index (χ0n) is 9.49. The Kier molecular flexibility index (Phi) is 3.51. The molecule has 1 aromatic rings. The number of aromatic nitrogens is 1. The van der Waals surface area contributed by atoms with Gasteiger partial charge in [-0.1, -0.05) is 0 Å². The van der Waals surface area contributed by atoms with Crippen molar-refractivity contribution in [3.63, 3.8) is 0 Å². The van der Waals surface area contributed by atoms with Crippen LogP contribution in [-0.2, 0) is 4.79 Å². The first-order valence-corrected chi connectivity index (χ1v) is 5.69. The maximum absolute atomic E-state index is 11.9. The molecule has 2 heterocycles. The molecule has 1 aliphatic rings. The summed E-state index contributed by atoms with van der Waals surface area (Å²) in [5.74, 6) is 0.189. The van der Waals surface area contributed by atoms with Gasteiger partial charge in [-0.2, -0.15) is 0 Å². The normalized spacial score (nSPS) is 20.4. The van der Waals surface area contributed by atoms with Gasteiger partial charge in [0.15, 0.2) is 0 Å². The summed E-state index contributed by atoms with van der Waals surface area (Å²) in [5, 5.41) is 6.15. The molecule has 1 aromatic heterocycles. The zero-order chi connectivity index (χ0) is 11.4. The Morgan fingerprint density at radius 3 is 3.12 bits per heavy atom. The van der Waals surface area contributed by atoms with Crippen LogP contribution in [0.5, 0.6) is 0 Å². The molecule has 0 aliphatic carbocycles. The van der Waals surface area contributed by atoms with Gasteiger partial charge in [-0.15, -0.1) is 0 Å². The molecule has 4 nitrogen and oxygen atoms in total. The SMILES string of the molecule is Cc1cncc(NC(=O)[C@H]2CCCNC2)c1. The number of nitrogens with one attached hydrogen (secondary N) is 2. The van der Waals surface area contributed by atoms with E-state index in [1.807, 2.05) is 13.0 Å². The van der Waals surface area contributed by atoms with Gasteiger partial charge in [0, 0.05) is 12.7 Å². The van der Waals surface area contributed by atoms with Gasteiger partial charge >= 0.3 is 0 Å². The molecule has 1 atom stereocenters. The van der Waals surface area contributed by atoms with Crippen molar-refractivity contribution in [2.75, 3.05) is 18.4 Å². The third kappa shape index (κ3) is 2.79. The number of nitrogens with zero attached hydrogens (tertiary/aromatic N) is 1. The minimum absolute atomic E-state index is 0.0919. The minimum Gasteiger partial charge on any atom is -0.324 e. The molecule has 2 N–H and O–H groups in total. The summed E-state index contributed by atoms with van der Waals surface area (Å²) in [6.45, 7) is 3.77. The van der Waals surface area contributed by atoms with Crippen LogP contribution in [0, 0.1) is 12.8 Å². The molecule has 0 radical (unpaired) electrons. The van der Waals surface area contributed by atoms with Crippen LogP contribution in [-0.4, -0.2) is 24.0 Å². The quantitative estimate of drug-likeness (QED) is 0.789. The van der Waals surface area contributed by atoms with E-state index in [1.165, 1.54) is 0 Å². The average molecular weight is 219 g/mol. The van der Waals surface area contributed by atoms with Crippen molar-refractivity contribution >= 4 is 11.6 Å². The van der Waals surface area contributed by atoms with Crippen molar-refractivity contribution in [3.05, 3.63) is 24.0 Å². The van der Waals surface area contributed by atoms with Crippen molar-refractivity contribution in [3.8, 4) is 0 Å². The first-order valence-electron chi connectivity index (χ1n) is 5.69. The van der Waals surface area contributed by atoms with E-state index in [0.29, 0.717) is 0 Å². The molecule has 0 saturated carbocycles. The fraction of sp³-hybridized carbons (Fsp3) is 0.500. The Bertz CT molecular complexity index is 372. The number of hydrogen-bond acceptors (Lipinski definition) is 3. The van der Waals surface area contributed by atoms with Crippen molar-refractivity contribution in [1.29, 1.82) is 0 Å². The first kappa shape index (κ1) is 11.1. The Balaban J connectivity index is 1.96. The van der Waals surface area contributed by atoms with Crippen LogP contribution >= 0.6 is 0 Å². The third-order valence-corrected chi connectivity index (χ3v) is 2.81. The Hall–Kier alpha value is -1.42. The second-order valence-electron chi connectivity index (χ2n) is 4.28. The predicted octanol–water partition coefficient (Wildman–Crippen LogP) is 1.33. The van der Waals surface area contributed by atoms with Gasteiger partial charge in [0.1, 0.15) is 0 Å². The van der Waals surface area contributed by atoms with E-state index in [1.54, 1.807) is 12.4 Å². The number of aryl methyl sites for hydroxylation is 1. The van der Waals surface area contributed by atoms with Gasteiger partial charge in [0.2, 0.25) is 5.91 Å². The third-order valence-electron chi connectivity index (χ3n) is 2.81. The summed E-state index contributed by atoms with van der Waals surface area (Å²) in [7, 11) is 0. The molecule has 1 aliphatic heterocycles. The molecule has 86 valence electrons. The average Bonchev–Trinajstić information content (AvgIpc) is 2.30. The van der Waals surface area contributed by atoms with Gasteiger partial charge in [0.05, 0.1) is 17.8 Å². The van der Waals surface area contributed by atoms with Crippen molar-refractivity contribution in [1.82, 2.24) is 10.3 Å². The van der Waals surface area contributed by atoms with Crippen molar-refractivity contribution in [2.45, 2.75) is 19.8 Å². The maximum atomic E-state index is 11.9. The number of anilines is 1. The predicted molar refractivity (Wildman–Crippen MR) is 63.2 cm³/mol. The second kappa shape index (κ2) is 5.07. The highest BCUT2D eigenvalue weighted by Gasteiger charge is 2.20. The van der Waals surface area contributed by atoms with E-state index in [2.05, 4.69) is 15.6 Å². The first-order chi connectivity index (χ1) is 7.75. The molecule has 0 bridgehead atoms. The van der Waals surface area contributed by atoms with E-state index in [9.17, 15) is 4.79 Å². The minimum atomic E-state index is 0.0919. The molecule has 0 unspecified atom stereocenters. The van der Waals surface area contributed by atoms with E-state index in [-0.39, 0.29) is 11.8 Å². The molecule has 1 amide bonds. The van der Waals surface area contributed by atoms with Gasteiger partial charge < -0.3 is 10.6 Å². The van der Waals surface area contributed by atoms with Crippen molar-refractivity contribution < 1.29 is 4.79 Å². The van der Waals surface area contributed by atoms with Crippen LogP contribution in [0.4, 0.5) is 5.69 Å². The summed E-state index contributed by atoms with van der Waals surface area (Å²) in [4.78, 5) is 16.0. The summed E-state index contributed by atoms with van der Waals surface area (Å²) in [6, 6.07) is 1.93. The standard InChI is InChI=1S/C12H17N3O/c1-9-5-11(8-14-6-9)15-12(16)10-3-2-4-13-7-10/h5-6,8,10,13H,2-4,7H2,1H3,(H,15,16)/t10-/m0/s1. The maximum Gasteiger partial charge on any atom is 0.228 e. The van der Waals surface area contributed by atoms with Gasteiger partial charge in [-0.3, -0.25) is 9.78 Å². The number of carbonyl (C=O) groups excluding carboxylic acids is 1. The number of amides is 1. The van der Waals surface area contributed by atoms with Crippen LogP contribution in [0.25, 0.3) is 0 Å². The van der Waals surface area contributed by atoms with Crippen molar-refractivity contribution in [2.24, 2.45) is 5.92 Å². The van der Waals surface area contributed by atoms with Gasteiger partial charge in [0.25, 0.3) is 0 Å². The van der Waals surface area contributed by atoms with Crippen LogP contribution in [0.3, 0.4) is 0 Å². The lowest BCUT2D eigenvalue weighted by Crippen LogP contribution is -2.37. The number of pyridine rings is 1. The largest absolute Gasteiger partial charge is 0.324 e.